The van der Waals surface area contributed by atoms with Crippen molar-refractivity contribution in [3.63, 3.8) is 0 Å². The second-order valence-corrected chi connectivity index (χ2v) is 7.20. The van der Waals surface area contributed by atoms with Crippen LogP contribution in [0.15, 0.2) is 0 Å². The molecule has 0 bridgehead atoms. The summed E-state index contributed by atoms with van der Waals surface area (Å²) in [7, 11) is 0. The largest absolute Gasteiger partial charge is 0.481 e. The van der Waals surface area contributed by atoms with E-state index in [-0.39, 0.29) is 17.7 Å². The van der Waals surface area contributed by atoms with Crippen LogP contribution in [0.4, 0.5) is 0 Å². The van der Waals surface area contributed by atoms with Crippen molar-refractivity contribution in [3.8, 4) is 6.07 Å². The number of rotatable bonds is 7. The van der Waals surface area contributed by atoms with E-state index in [0.29, 0.717) is 31.8 Å². The molecule has 0 unspecified atom stereocenters. The molecule has 0 aliphatic carbocycles. The highest BCUT2D eigenvalue weighted by Gasteiger charge is 2.30. The number of hydrogen-bond acceptors (Lipinski definition) is 5. The maximum absolute atomic E-state index is 12.5. The molecule has 2 amide bonds. The van der Waals surface area contributed by atoms with Crippen LogP contribution in [0.2, 0.25) is 0 Å². The van der Waals surface area contributed by atoms with Crippen molar-refractivity contribution in [2.24, 2.45) is 11.8 Å². The Morgan fingerprint density at radius 3 is 2.65 bits per heavy atom. The average molecular weight is 364 g/mol. The van der Waals surface area contributed by atoms with E-state index >= 15 is 0 Å². The summed E-state index contributed by atoms with van der Waals surface area (Å²) in [6.45, 7) is 3.04. The van der Waals surface area contributed by atoms with Crippen LogP contribution in [0.25, 0.3) is 0 Å². The SMILES string of the molecule is N#C[C@H](CC(=O)O)NC(=O)[C@@H]1CCCN(C(=O)CCC2CCNCC2)C1. The molecular formula is C18H28N4O4. The number of likely N-dealkylation sites (tertiary alicyclic amines) is 1. The minimum atomic E-state index is -1.13. The van der Waals surface area contributed by atoms with Gasteiger partial charge >= 0.3 is 5.97 Å². The second kappa shape index (κ2) is 10.1. The fraction of sp³-hybridized carbons (Fsp3) is 0.778. The van der Waals surface area contributed by atoms with E-state index < -0.39 is 18.4 Å². The third-order valence-corrected chi connectivity index (χ3v) is 5.22. The number of nitriles is 1. The molecule has 0 aromatic rings. The highest BCUT2D eigenvalue weighted by Crippen LogP contribution is 2.21. The molecule has 26 heavy (non-hydrogen) atoms. The van der Waals surface area contributed by atoms with E-state index in [9.17, 15) is 14.4 Å². The van der Waals surface area contributed by atoms with Crippen molar-refractivity contribution >= 4 is 17.8 Å². The number of carbonyl (C=O) groups excluding carboxylic acids is 2. The Kier molecular flexibility index (Phi) is 7.85. The summed E-state index contributed by atoms with van der Waals surface area (Å²) in [5.74, 6) is -1.17. The molecule has 144 valence electrons. The Morgan fingerprint density at radius 1 is 1.27 bits per heavy atom. The van der Waals surface area contributed by atoms with E-state index in [1.165, 1.54) is 0 Å². The van der Waals surface area contributed by atoms with Gasteiger partial charge in [-0.15, -0.1) is 0 Å². The number of carboxylic acids is 1. The number of carboxylic acid groups (broad SMARTS) is 1. The lowest BCUT2D eigenvalue weighted by Gasteiger charge is -2.33. The van der Waals surface area contributed by atoms with Gasteiger partial charge in [0, 0.05) is 19.5 Å². The van der Waals surface area contributed by atoms with E-state index in [0.717, 1.165) is 38.8 Å². The van der Waals surface area contributed by atoms with Gasteiger partial charge in [0.25, 0.3) is 0 Å². The molecule has 0 aromatic heterocycles. The second-order valence-electron chi connectivity index (χ2n) is 7.20. The average Bonchev–Trinajstić information content (AvgIpc) is 2.66. The molecule has 0 saturated carbocycles. The first-order valence-electron chi connectivity index (χ1n) is 9.40. The zero-order chi connectivity index (χ0) is 18.9. The summed E-state index contributed by atoms with van der Waals surface area (Å²) >= 11 is 0. The Hall–Kier alpha value is -2.14. The van der Waals surface area contributed by atoms with E-state index in [1.54, 1.807) is 11.0 Å². The van der Waals surface area contributed by atoms with Gasteiger partial charge < -0.3 is 20.6 Å². The number of piperidine rings is 2. The monoisotopic (exact) mass is 364 g/mol. The molecule has 0 spiro atoms. The number of nitrogens with zero attached hydrogens (tertiary/aromatic N) is 2. The Bertz CT molecular complexity index is 554. The van der Waals surface area contributed by atoms with E-state index in [2.05, 4.69) is 10.6 Å². The Labute approximate surface area is 153 Å². The smallest absolute Gasteiger partial charge is 0.306 e. The molecule has 2 heterocycles. The number of hydrogen-bond donors (Lipinski definition) is 3. The lowest BCUT2D eigenvalue weighted by atomic mass is 9.92. The van der Waals surface area contributed by atoms with Gasteiger partial charge in [-0.05, 0) is 51.1 Å². The molecule has 2 aliphatic heterocycles. The van der Waals surface area contributed by atoms with E-state index in [4.69, 9.17) is 10.4 Å². The zero-order valence-electron chi connectivity index (χ0n) is 15.1. The number of aliphatic carboxylic acids is 1. The van der Waals surface area contributed by atoms with Crippen LogP contribution >= 0.6 is 0 Å². The molecule has 2 aliphatic rings. The lowest BCUT2D eigenvalue weighted by Crippen LogP contribution is -2.47. The van der Waals surface area contributed by atoms with Crippen LogP contribution in [0, 0.1) is 23.2 Å². The number of amides is 2. The van der Waals surface area contributed by atoms with Crippen LogP contribution in [0.1, 0.15) is 44.9 Å². The van der Waals surface area contributed by atoms with Crippen LogP contribution < -0.4 is 10.6 Å². The minimum Gasteiger partial charge on any atom is -0.481 e. The summed E-state index contributed by atoms with van der Waals surface area (Å²) in [5.41, 5.74) is 0. The Morgan fingerprint density at radius 2 is 2.00 bits per heavy atom. The van der Waals surface area contributed by atoms with Crippen molar-refractivity contribution in [2.45, 2.75) is 51.0 Å². The quantitative estimate of drug-likeness (QED) is 0.604. The van der Waals surface area contributed by atoms with Crippen molar-refractivity contribution in [1.82, 2.24) is 15.5 Å². The normalized spacial score (nSPS) is 22.3. The summed E-state index contributed by atoms with van der Waals surface area (Å²) in [6, 6.07) is 0.759. The van der Waals surface area contributed by atoms with Crippen molar-refractivity contribution in [2.75, 3.05) is 26.2 Å². The third-order valence-electron chi connectivity index (χ3n) is 5.22. The first kappa shape index (κ1) is 20.2. The summed E-state index contributed by atoms with van der Waals surface area (Å²) in [5, 5.41) is 23.5. The number of nitrogens with one attached hydrogen (secondary N) is 2. The fourth-order valence-corrected chi connectivity index (χ4v) is 3.67. The Balaban J connectivity index is 1.79. The molecule has 3 N–H and O–H groups in total. The van der Waals surface area contributed by atoms with Crippen LogP contribution in [0.5, 0.6) is 0 Å². The minimum absolute atomic E-state index is 0.0865. The molecule has 0 aromatic carbocycles. The van der Waals surface area contributed by atoms with Crippen molar-refractivity contribution in [1.29, 1.82) is 5.26 Å². The van der Waals surface area contributed by atoms with Gasteiger partial charge in [-0.2, -0.15) is 5.26 Å². The lowest BCUT2D eigenvalue weighted by molar-refractivity contribution is -0.137. The van der Waals surface area contributed by atoms with E-state index in [1.807, 2.05) is 0 Å². The molecule has 2 atom stereocenters. The molecule has 2 saturated heterocycles. The molecule has 8 heteroatoms. The summed E-state index contributed by atoms with van der Waals surface area (Å²) < 4.78 is 0. The van der Waals surface area contributed by atoms with Crippen LogP contribution in [-0.2, 0) is 14.4 Å². The molecule has 8 nitrogen and oxygen atoms in total. The predicted octanol–water partition coefficient (Wildman–Crippen LogP) is 0.488. The number of carbonyl (C=O) groups is 3. The summed E-state index contributed by atoms with van der Waals surface area (Å²) in [6.07, 6.45) is 4.59. The molecule has 2 rings (SSSR count). The van der Waals surface area contributed by atoms with Crippen molar-refractivity contribution < 1.29 is 19.5 Å². The highest BCUT2D eigenvalue weighted by atomic mass is 16.4. The van der Waals surface area contributed by atoms with Gasteiger partial charge in [-0.3, -0.25) is 14.4 Å². The van der Waals surface area contributed by atoms with Gasteiger partial charge in [0.05, 0.1) is 18.4 Å². The summed E-state index contributed by atoms with van der Waals surface area (Å²) in [4.78, 5) is 37.3. The predicted molar refractivity (Wildman–Crippen MR) is 93.9 cm³/mol. The fourth-order valence-electron chi connectivity index (χ4n) is 3.67. The third kappa shape index (κ3) is 6.30. The van der Waals surface area contributed by atoms with Gasteiger partial charge in [-0.1, -0.05) is 0 Å². The maximum Gasteiger partial charge on any atom is 0.306 e. The molecular weight excluding hydrogens is 336 g/mol. The zero-order valence-corrected chi connectivity index (χ0v) is 15.1. The van der Waals surface area contributed by atoms with Gasteiger partial charge in [-0.25, -0.2) is 0 Å². The van der Waals surface area contributed by atoms with Crippen LogP contribution in [-0.4, -0.2) is 60.0 Å². The first-order valence-corrected chi connectivity index (χ1v) is 9.40. The standard InChI is InChI=1S/C18H28N4O4/c19-11-15(10-17(24)25)21-18(26)14-2-1-9-22(12-14)16(23)4-3-13-5-7-20-8-6-13/h13-15,20H,1-10,12H2,(H,21,26)(H,24,25)/t14-,15+/m1/s1. The first-order chi connectivity index (χ1) is 12.5. The van der Waals surface area contributed by atoms with Crippen LogP contribution in [0.3, 0.4) is 0 Å². The highest BCUT2D eigenvalue weighted by molar-refractivity contribution is 5.82. The van der Waals surface area contributed by atoms with Gasteiger partial charge in [0.1, 0.15) is 6.04 Å². The molecule has 0 radical (unpaired) electrons. The van der Waals surface area contributed by atoms with Gasteiger partial charge in [0.2, 0.25) is 11.8 Å². The molecule has 2 fully saturated rings. The topological polar surface area (TPSA) is 123 Å². The van der Waals surface area contributed by atoms with Gasteiger partial charge in [0.15, 0.2) is 0 Å². The van der Waals surface area contributed by atoms with Crippen molar-refractivity contribution in [3.05, 3.63) is 0 Å². The maximum atomic E-state index is 12.5.